The Balaban J connectivity index is 1.52. The van der Waals surface area contributed by atoms with E-state index in [1.54, 1.807) is 0 Å². The summed E-state index contributed by atoms with van der Waals surface area (Å²) in [5.41, 5.74) is 7.15. The highest BCUT2D eigenvalue weighted by Gasteiger charge is 2.19. The Bertz CT molecular complexity index is 487. The number of benzene rings is 1. The highest BCUT2D eigenvalue weighted by molar-refractivity contribution is 5.81. The maximum atomic E-state index is 11.7. The number of hydrogen-bond donors (Lipinski definition) is 2. The minimum absolute atomic E-state index is 0.0453. The fourth-order valence-electron chi connectivity index (χ4n) is 3.18. The first kappa shape index (κ1) is 19.9. The van der Waals surface area contributed by atoms with Crippen molar-refractivity contribution in [2.24, 2.45) is 5.73 Å². The summed E-state index contributed by atoms with van der Waals surface area (Å²) in [4.78, 5) is 14.2. The molecule has 0 aliphatic carbocycles. The summed E-state index contributed by atoms with van der Waals surface area (Å²) in [5.74, 6) is -0.0453. The van der Waals surface area contributed by atoms with Gasteiger partial charge in [-0.25, -0.2) is 0 Å². The van der Waals surface area contributed by atoms with Crippen molar-refractivity contribution < 1.29 is 9.53 Å². The van der Waals surface area contributed by atoms with Gasteiger partial charge in [0.05, 0.1) is 12.1 Å². The van der Waals surface area contributed by atoms with Crippen molar-refractivity contribution >= 4 is 5.91 Å². The van der Waals surface area contributed by atoms with E-state index in [9.17, 15) is 4.79 Å². The number of nitrogens with zero attached hydrogens (tertiary/aromatic N) is 1. The SMILES string of the molecule is CCCC(N)C(=O)NCCCOC1CCN(Cc2ccccc2)CC1. The predicted molar refractivity (Wildman–Crippen MR) is 101 cm³/mol. The Hall–Kier alpha value is -1.43. The zero-order valence-corrected chi connectivity index (χ0v) is 15.5. The Morgan fingerprint density at radius 1 is 1.32 bits per heavy atom. The van der Waals surface area contributed by atoms with Gasteiger partial charge >= 0.3 is 0 Å². The first-order valence-electron chi connectivity index (χ1n) is 9.60. The molecule has 1 aromatic carbocycles. The molecule has 5 nitrogen and oxygen atoms in total. The maximum Gasteiger partial charge on any atom is 0.236 e. The minimum Gasteiger partial charge on any atom is -0.378 e. The average molecular weight is 348 g/mol. The van der Waals surface area contributed by atoms with E-state index >= 15 is 0 Å². The van der Waals surface area contributed by atoms with Crippen molar-refractivity contribution in [3.8, 4) is 0 Å². The van der Waals surface area contributed by atoms with Gasteiger partial charge in [0.15, 0.2) is 0 Å². The molecule has 0 spiro atoms. The van der Waals surface area contributed by atoms with E-state index in [1.165, 1.54) is 5.56 Å². The van der Waals surface area contributed by atoms with Crippen LogP contribution in [0.4, 0.5) is 0 Å². The van der Waals surface area contributed by atoms with Crippen molar-refractivity contribution in [2.75, 3.05) is 26.2 Å². The molecule has 1 fully saturated rings. The summed E-state index contributed by atoms with van der Waals surface area (Å²) in [6.45, 7) is 6.57. The van der Waals surface area contributed by atoms with Gasteiger partial charge in [0.25, 0.3) is 0 Å². The Kier molecular flexibility index (Phi) is 8.94. The normalized spacial score (nSPS) is 17.4. The Labute approximate surface area is 151 Å². The zero-order chi connectivity index (χ0) is 17.9. The van der Waals surface area contributed by atoms with Gasteiger partial charge in [0, 0.05) is 32.8 Å². The van der Waals surface area contributed by atoms with Gasteiger partial charge in [-0.3, -0.25) is 9.69 Å². The molecule has 1 amide bonds. The molecule has 0 saturated carbocycles. The van der Waals surface area contributed by atoms with E-state index < -0.39 is 0 Å². The van der Waals surface area contributed by atoms with Gasteiger partial charge in [0.2, 0.25) is 5.91 Å². The molecule has 1 aliphatic rings. The van der Waals surface area contributed by atoms with Crippen LogP contribution in [-0.4, -0.2) is 49.2 Å². The van der Waals surface area contributed by atoms with Crippen molar-refractivity contribution in [3.05, 3.63) is 35.9 Å². The summed E-state index contributed by atoms with van der Waals surface area (Å²) < 4.78 is 5.96. The molecule has 1 aliphatic heterocycles. The fourth-order valence-corrected chi connectivity index (χ4v) is 3.18. The number of piperidine rings is 1. The Morgan fingerprint density at radius 2 is 2.04 bits per heavy atom. The van der Waals surface area contributed by atoms with Crippen LogP contribution < -0.4 is 11.1 Å². The number of likely N-dealkylation sites (tertiary alicyclic amines) is 1. The van der Waals surface area contributed by atoms with E-state index in [0.717, 1.165) is 51.7 Å². The van der Waals surface area contributed by atoms with Crippen LogP contribution in [0.15, 0.2) is 30.3 Å². The molecular formula is C20H33N3O2. The summed E-state index contributed by atoms with van der Waals surface area (Å²) in [6.07, 6.45) is 5.03. The van der Waals surface area contributed by atoms with E-state index in [4.69, 9.17) is 10.5 Å². The number of nitrogens with one attached hydrogen (secondary N) is 1. The summed E-state index contributed by atoms with van der Waals surface area (Å²) in [7, 11) is 0. The minimum atomic E-state index is -0.375. The molecule has 1 unspecified atom stereocenters. The third kappa shape index (κ3) is 7.55. The smallest absolute Gasteiger partial charge is 0.236 e. The molecular weight excluding hydrogens is 314 g/mol. The monoisotopic (exact) mass is 347 g/mol. The third-order valence-corrected chi connectivity index (χ3v) is 4.69. The lowest BCUT2D eigenvalue weighted by atomic mass is 10.1. The lowest BCUT2D eigenvalue weighted by Crippen LogP contribution is -2.41. The van der Waals surface area contributed by atoms with Gasteiger partial charge in [0.1, 0.15) is 0 Å². The van der Waals surface area contributed by atoms with Crippen LogP contribution in [-0.2, 0) is 16.1 Å². The van der Waals surface area contributed by atoms with E-state index in [1.807, 2.05) is 6.92 Å². The maximum absolute atomic E-state index is 11.7. The second kappa shape index (κ2) is 11.2. The number of carbonyl (C=O) groups excluding carboxylic acids is 1. The lowest BCUT2D eigenvalue weighted by molar-refractivity contribution is -0.122. The van der Waals surface area contributed by atoms with Crippen LogP contribution in [0.25, 0.3) is 0 Å². The van der Waals surface area contributed by atoms with E-state index in [-0.39, 0.29) is 11.9 Å². The molecule has 0 radical (unpaired) electrons. The van der Waals surface area contributed by atoms with Crippen molar-refractivity contribution in [2.45, 2.75) is 57.7 Å². The van der Waals surface area contributed by atoms with Gasteiger partial charge < -0.3 is 15.8 Å². The molecule has 1 atom stereocenters. The Morgan fingerprint density at radius 3 is 2.72 bits per heavy atom. The number of rotatable bonds is 10. The molecule has 25 heavy (non-hydrogen) atoms. The number of hydrogen-bond acceptors (Lipinski definition) is 4. The number of amides is 1. The van der Waals surface area contributed by atoms with Crippen LogP contribution in [0.2, 0.25) is 0 Å². The number of ether oxygens (including phenoxy) is 1. The first-order chi connectivity index (χ1) is 12.2. The second-order valence-electron chi connectivity index (χ2n) is 6.87. The molecule has 1 heterocycles. The van der Waals surface area contributed by atoms with Crippen LogP contribution in [0.3, 0.4) is 0 Å². The lowest BCUT2D eigenvalue weighted by Gasteiger charge is -2.32. The van der Waals surface area contributed by atoms with Crippen LogP contribution >= 0.6 is 0 Å². The average Bonchev–Trinajstić information content (AvgIpc) is 2.63. The van der Waals surface area contributed by atoms with Gasteiger partial charge in [-0.1, -0.05) is 43.7 Å². The molecule has 5 heteroatoms. The molecule has 2 rings (SSSR count). The van der Waals surface area contributed by atoms with Gasteiger partial charge in [-0.05, 0) is 31.2 Å². The van der Waals surface area contributed by atoms with E-state index in [0.29, 0.717) is 19.3 Å². The second-order valence-corrected chi connectivity index (χ2v) is 6.87. The van der Waals surface area contributed by atoms with Crippen molar-refractivity contribution in [1.29, 1.82) is 0 Å². The van der Waals surface area contributed by atoms with Crippen LogP contribution in [0.5, 0.6) is 0 Å². The quantitative estimate of drug-likeness (QED) is 0.637. The van der Waals surface area contributed by atoms with Gasteiger partial charge in [-0.15, -0.1) is 0 Å². The third-order valence-electron chi connectivity index (χ3n) is 4.69. The standard InChI is InChI=1S/C20H33N3O2/c1-2-7-19(21)20(24)22-12-6-15-25-18-10-13-23(14-11-18)16-17-8-4-3-5-9-17/h3-5,8-9,18-19H,2,6-7,10-16,21H2,1H3,(H,22,24). The molecule has 3 N–H and O–H groups in total. The van der Waals surface area contributed by atoms with Crippen molar-refractivity contribution in [3.63, 3.8) is 0 Å². The topological polar surface area (TPSA) is 67.6 Å². The highest BCUT2D eigenvalue weighted by Crippen LogP contribution is 2.16. The summed E-state index contributed by atoms with van der Waals surface area (Å²) in [5, 5.41) is 2.89. The summed E-state index contributed by atoms with van der Waals surface area (Å²) in [6, 6.07) is 10.2. The molecule has 1 aromatic rings. The van der Waals surface area contributed by atoms with E-state index in [2.05, 4.69) is 40.5 Å². The summed E-state index contributed by atoms with van der Waals surface area (Å²) >= 11 is 0. The highest BCUT2D eigenvalue weighted by atomic mass is 16.5. The first-order valence-corrected chi connectivity index (χ1v) is 9.60. The molecule has 140 valence electrons. The molecule has 0 aromatic heterocycles. The molecule has 0 bridgehead atoms. The van der Waals surface area contributed by atoms with Crippen LogP contribution in [0.1, 0.15) is 44.6 Å². The largest absolute Gasteiger partial charge is 0.378 e. The predicted octanol–water partition coefficient (Wildman–Crippen LogP) is 2.30. The van der Waals surface area contributed by atoms with Crippen LogP contribution in [0, 0.1) is 0 Å². The number of carbonyl (C=O) groups is 1. The van der Waals surface area contributed by atoms with Gasteiger partial charge in [-0.2, -0.15) is 0 Å². The molecule has 1 saturated heterocycles. The zero-order valence-electron chi connectivity index (χ0n) is 15.5. The number of nitrogens with two attached hydrogens (primary N) is 1. The fraction of sp³-hybridized carbons (Fsp3) is 0.650. The van der Waals surface area contributed by atoms with Crippen molar-refractivity contribution in [1.82, 2.24) is 10.2 Å².